The number of benzene rings is 1. The largest absolute Gasteiger partial charge is 0.480 e. The van der Waals surface area contributed by atoms with Gasteiger partial charge in [0, 0.05) is 5.70 Å². The summed E-state index contributed by atoms with van der Waals surface area (Å²) in [7, 11) is 0. The van der Waals surface area contributed by atoms with E-state index in [0.717, 1.165) is 10.5 Å². The molecule has 0 bridgehead atoms. The third kappa shape index (κ3) is 3.24. The lowest BCUT2D eigenvalue weighted by molar-refractivity contribution is -0.142. The normalized spacial score (nSPS) is 18.9. The molecule has 1 aliphatic rings. The van der Waals surface area contributed by atoms with Gasteiger partial charge in [-0.15, -0.1) is 0 Å². The van der Waals surface area contributed by atoms with Gasteiger partial charge in [-0.25, -0.2) is 14.4 Å². The lowest BCUT2D eigenvalue weighted by Crippen LogP contribution is -2.53. The van der Waals surface area contributed by atoms with Crippen molar-refractivity contribution >= 4 is 18.0 Å². The van der Waals surface area contributed by atoms with Crippen LogP contribution in [0.3, 0.4) is 0 Å². The molecule has 24 heavy (non-hydrogen) atoms. The van der Waals surface area contributed by atoms with Crippen molar-refractivity contribution in [1.29, 1.82) is 0 Å². The van der Waals surface area contributed by atoms with Gasteiger partial charge in [-0.1, -0.05) is 30.3 Å². The summed E-state index contributed by atoms with van der Waals surface area (Å²) in [6.45, 7) is 4.81. The molecule has 0 fully saturated rings. The summed E-state index contributed by atoms with van der Waals surface area (Å²) >= 11 is 0. The Hall–Kier alpha value is -2.83. The van der Waals surface area contributed by atoms with Crippen molar-refractivity contribution in [3.63, 3.8) is 0 Å². The van der Waals surface area contributed by atoms with Crippen LogP contribution >= 0.6 is 0 Å². The van der Waals surface area contributed by atoms with Gasteiger partial charge in [0.1, 0.15) is 6.04 Å². The van der Waals surface area contributed by atoms with Crippen LogP contribution in [0, 0.1) is 0 Å². The van der Waals surface area contributed by atoms with E-state index in [1.807, 2.05) is 6.07 Å². The predicted octanol–water partition coefficient (Wildman–Crippen LogP) is 2.06. The summed E-state index contributed by atoms with van der Waals surface area (Å²) in [6.07, 6.45) is 0. The summed E-state index contributed by atoms with van der Waals surface area (Å²) < 4.78 is 5.11. The fourth-order valence-corrected chi connectivity index (χ4v) is 2.70. The molecule has 1 aromatic carbocycles. The zero-order valence-corrected chi connectivity index (χ0v) is 13.8. The number of esters is 1. The number of nitrogens with zero attached hydrogens (tertiary/aromatic N) is 1. The average Bonchev–Trinajstić information content (AvgIpc) is 2.55. The van der Waals surface area contributed by atoms with Gasteiger partial charge in [-0.3, -0.25) is 4.90 Å². The van der Waals surface area contributed by atoms with E-state index in [-0.39, 0.29) is 17.9 Å². The van der Waals surface area contributed by atoms with Gasteiger partial charge >= 0.3 is 18.0 Å². The quantitative estimate of drug-likeness (QED) is 0.805. The molecule has 128 valence electrons. The molecule has 0 spiro atoms. The number of rotatable bonds is 5. The van der Waals surface area contributed by atoms with Crippen LogP contribution in [0.1, 0.15) is 32.4 Å². The van der Waals surface area contributed by atoms with E-state index in [0.29, 0.717) is 0 Å². The molecule has 1 heterocycles. The van der Waals surface area contributed by atoms with E-state index in [2.05, 4.69) is 5.32 Å². The summed E-state index contributed by atoms with van der Waals surface area (Å²) in [5.41, 5.74) is 1.23. The highest BCUT2D eigenvalue weighted by atomic mass is 16.5. The van der Waals surface area contributed by atoms with Gasteiger partial charge in [0.15, 0.2) is 0 Å². The van der Waals surface area contributed by atoms with Crippen LogP contribution < -0.4 is 5.32 Å². The Morgan fingerprint density at radius 1 is 1.33 bits per heavy atom. The third-order valence-electron chi connectivity index (χ3n) is 3.90. The predicted molar refractivity (Wildman–Crippen MR) is 86.0 cm³/mol. The van der Waals surface area contributed by atoms with Gasteiger partial charge < -0.3 is 15.2 Å². The number of hydrogen-bond donors (Lipinski definition) is 2. The van der Waals surface area contributed by atoms with Crippen molar-refractivity contribution in [2.75, 3.05) is 6.61 Å². The lowest BCUT2D eigenvalue weighted by Gasteiger charge is -2.37. The number of carboxylic acid groups (broad SMARTS) is 1. The second-order valence-corrected chi connectivity index (χ2v) is 5.40. The number of carbonyl (C=O) groups is 3. The third-order valence-corrected chi connectivity index (χ3v) is 3.90. The van der Waals surface area contributed by atoms with Gasteiger partial charge in [-0.05, 0) is 26.3 Å². The average molecular weight is 332 g/mol. The maximum Gasteiger partial charge on any atom is 0.338 e. The second-order valence-electron chi connectivity index (χ2n) is 5.40. The Morgan fingerprint density at radius 3 is 2.50 bits per heavy atom. The van der Waals surface area contributed by atoms with E-state index < -0.39 is 30.1 Å². The minimum Gasteiger partial charge on any atom is -0.480 e. The molecule has 2 N–H and O–H groups in total. The zero-order chi connectivity index (χ0) is 17.9. The van der Waals surface area contributed by atoms with Crippen LogP contribution in [0.25, 0.3) is 0 Å². The van der Waals surface area contributed by atoms with E-state index in [9.17, 15) is 19.5 Å². The first-order chi connectivity index (χ1) is 11.4. The van der Waals surface area contributed by atoms with Crippen LogP contribution in [0.15, 0.2) is 41.6 Å². The molecule has 0 aliphatic carbocycles. The Kier molecular flexibility index (Phi) is 5.23. The first-order valence-corrected chi connectivity index (χ1v) is 7.63. The minimum absolute atomic E-state index is 0.180. The van der Waals surface area contributed by atoms with Crippen LogP contribution in [-0.4, -0.2) is 40.6 Å². The number of nitrogens with one attached hydrogen (secondary N) is 1. The molecule has 2 amide bonds. The Bertz CT molecular complexity index is 683. The van der Waals surface area contributed by atoms with Crippen molar-refractivity contribution in [1.82, 2.24) is 10.2 Å². The SMILES string of the molecule is CCOC(=O)C1=C(C)N(C(C)C(=O)O)C(=O)NC1c1ccccc1. The molecule has 0 saturated heterocycles. The van der Waals surface area contributed by atoms with E-state index >= 15 is 0 Å². The Morgan fingerprint density at radius 2 is 1.96 bits per heavy atom. The highest BCUT2D eigenvalue weighted by molar-refractivity contribution is 5.96. The second kappa shape index (κ2) is 7.16. The molecule has 1 aliphatic heterocycles. The zero-order valence-electron chi connectivity index (χ0n) is 13.8. The molecule has 0 radical (unpaired) electrons. The molecule has 7 nitrogen and oxygen atoms in total. The van der Waals surface area contributed by atoms with Crippen molar-refractivity contribution in [3.05, 3.63) is 47.2 Å². The number of allylic oxidation sites excluding steroid dienone is 1. The molecule has 1 aromatic rings. The lowest BCUT2D eigenvalue weighted by atomic mass is 9.94. The summed E-state index contributed by atoms with van der Waals surface area (Å²) in [4.78, 5) is 37.2. The molecule has 0 aromatic heterocycles. The molecule has 0 saturated carbocycles. The van der Waals surface area contributed by atoms with Crippen molar-refractivity contribution in [2.45, 2.75) is 32.9 Å². The standard InChI is InChI=1S/C17H20N2O5/c1-4-24-16(22)13-10(2)19(11(3)15(20)21)17(23)18-14(13)12-8-6-5-7-9-12/h5-9,11,14H,4H2,1-3H3,(H,18,23)(H,20,21). The summed E-state index contributed by atoms with van der Waals surface area (Å²) in [6, 6.07) is 6.64. The van der Waals surface area contributed by atoms with Crippen molar-refractivity contribution in [3.8, 4) is 0 Å². The van der Waals surface area contributed by atoms with E-state index in [4.69, 9.17) is 4.74 Å². The fourth-order valence-electron chi connectivity index (χ4n) is 2.70. The number of urea groups is 1. The van der Waals surface area contributed by atoms with Crippen LogP contribution in [0.4, 0.5) is 4.79 Å². The smallest absolute Gasteiger partial charge is 0.338 e. The highest BCUT2D eigenvalue weighted by Crippen LogP contribution is 2.32. The number of carboxylic acids is 1. The van der Waals surface area contributed by atoms with E-state index in [1.165, 1.54) is 6.92 Å². The summed E-state index contributed by atoms with van der Waals surface area (Å²) in [5, 5.41) is 11.9. The Balaban J connectivity index is 2.56. The molecule has 2 unspecified atom stereocenters. The monoisotopic (exact) mass is 332 g/mol. The van der Waals surface area contributed by atoms with Crippen LogP contribution in [0.2, 0.25) is 0 Å². The number of aliphatic carboxylic acids is 1. The first kappa shape index (κ1) is 17.5. The molecular formula is C17H20N2O5. The number of ether oxygens (including phenoxy) is 1. The van der Waals surface area contributed by atoms with E-state index in [1.54, 1.807) is 38.1 Å². The van der Waals surface area contributed by atoms with Gasteiger partial charge in [0.2, 0.25) is 0 Å². The maximum atomic E-state index is 12.4. The molecular weight excluding hydrogens is 312 g/mol. The topological polar surface area (TPSA) is 95.9 Å². The van der Waals surface area contributed by atoms with Gasteiger partial charge in [-0.2, -0.15) is 0 Å². The number of amides is 2. The molecule has 2 rings (SSSR count). The number of hydrogen-bond acceptors (Lipinski definition) is 4. The highest BCUT2D eigenvalue weighted by Gasteiger charge is 2.39. The summed E-state index contributed by atoms with van der Waals surface area (Å²) in [5.74, 6) is -1.74. The Labute approximate surface area is 139 Å². The van der Waals surface area contributed by atoms with Crippen LogP contribution in [0.5, 0.6) is 0 Å². The van der Waals surface area contributed by atoms with Crippen molar-refractivity contribution in [2.24, 2.45) is 0 Å². The van der Waals surface area contributed by atoms with Crippen molar-refractivity contribution < 1.29 is 24.2 Å². The fraction of sp³-hybridized carbons (Fsp3) is 0.353. The minimum atomic E-state index is -1.16. The molecule has 7 heteroatoms. The van der Waals surface area contributed by atoms with Gasteiger partial charge in [0.05, 0.1) is 18.2 Å². The maximum absolute atomic E-state index is 12.4. The molecule has 2 atom stereocenters. The number of carbonyl (C=O) groups excluding carboxylic acids is 2. The first-order valence-electron chi connectivity index (χ1n) is 7.63. The van der Waals surface area contributed by atoms with Crippen LogP contribution in [-0.2, 0) is 14.3 Å². The van der Waals surface area contributed by atoms with Gasteiger partial charge in [0.25, 0.3) is 0 Å².